The lowest BCUT2D eigenvalue weighted by Gasteiger charge is -2.11. The van der Waals surface area contributed by atoms with E-state index in [9.17, 15) is 4.79 Å². The summed E-state index contributed by atoms with van der Waals surface area (Å²) in [6.07, 6.45) is 0.940. The molecular formula is C12H13ClN2OS2. The van der Waals surface area contributed by atoms with E-state index < -0.39 is 0 Å². The van der Waals surface area contributed by atoms with Crippen molar-refractivity contribution in [1.82, 2.24) is 0 Å². The zero-order valence-corrected chi connectivity index (χ0v) is 12.0. The van der Waals surface area contributed by atoms with E-state index in [0.717, 1.165) is 17.9 Å². The second-order valence-electron chi connectivity index (χ2n) is 4.11. The van der Waals surface area contributed by atoms with Crippen LogP contribution in [0.5, 0.6) is 0 Å². The van der Waals surface area contributed by atoms with Gasteiger partial charge in [0.05, 0.1) is 5.02 Å². The van der Waals surface area contributed by atoms with Crippen LogP contribution in [0.4, 0.5) is 5.69 Å². The van der Waals surface area contributed by atoms with Crippen molar-refractivity contribution < 1.29 is 4.79 Å². The molecule has 0 bridgehead atoms. The molecule has 0 aromatic heterocycles. The van der Waals surface area contributed by atoms with E-state index in [1.54, 1.807) is 18.2 Å². The second kappa shape index (κ2) is 5.91. The first-order valence-electron chi connectivity index (χ1n) is 5.56. The molecule has 1 saturated heterocycles. The second-order valence-corrected chi connectivity index (χ2v) is 6.11. The normalized spacial score (nSPS) is 18.6. The van der Waals surface area contributed by atoms with Gasteiger partial charge < -0.3 is 11.1 Å². The van der Waals surface area contributed by atoms with Crippen LogP contribution in [0, 0.1) is 5.92 Å². The molecule has 0 radical (unpaired) electrons. The Bertz CT molecular complexity index is 487. The molecule has 1 atom stereocenters. The minimum atomic E-state index is 0.0548. The molecular weight excluding hydrogens is 288 g/mol. The summed E-state index contributed by atoms with van der Waals surface area (Å²) in [6, 6.07) is 5.17. The molecule has 1 aromatic rings. The lowest BCUT2D eigenvalue weighted by Crippen LogP contribution is -2.22. The number of nitrogens with one attached hydrogen (secondary N) is 1. The number of rotatable bonds is 3. The lowest BCUT2D eigenvalue weighted by atomic mass is 10.1. The number of carbonyl (C=O) groups is 1. The Morgan fingerprint density at radius 3 is 2.89 bits per heavy atom. The number of amides is 1. The summed E-state index contributed by atoms with van der Waals surface area (Å²) in [7, 11) is 0. The molecule has 1 amide bonds. The maximum atomic E-state index is 11.9. The van der Waals surface area contributed by atoms with Crippen molar-refractivity contribution in [2.75, 3.05) is 16.8 Å². The van der Waals surface area contributed by atoms with Gasteiger partial charge in [0.25, 0.3) is 0 Å². The Kier molecular flexibility index (Phi) is 4.48. The van der Waals surface area contributed by atoms with Crippen molar-refractivity contribution in [3.63, 3.8) is 0 Å². The van der Waals surface area contributed by atoms with Crippen LogP contribution in [0.3, 0.4) is 0 Å². The smallest absolute Gasteiger partial charge is 0.228 e. The number of thioether (sulfide) groups is 1. The number of benzene rings is 1. The molecule has 0 saturated carbocycles. The fraction of sp³-hybridized carbons (Fsp3) is 0.333. The molecule has 1 unspecified atom stereocenters. The Morgan fingerprint density at radius 1 is 1.56 bits per heavy atom. The van der Waals surface area contributed by atoms with Gasteiger partial charge in [-0.25, -0.2) is 0 Å². The van der Waals surface area contributed by atoms with Crippen LogP contribution in [0.25, 0.3) is 0 Å². The maximum Gasteiger partial charge on any atom is 0.228 e. The van der Waals surface area contributed by atoms with Gasteiger partial charge >= 0.3 is 0 Å². The van der Waals surface area contributed by atoms with Crippen LogP contribution in [0.2, 0.25) is 5.02 Å². The van der Waals surface area contributed by atoms with Crippen LogP contribution in [0.15, 0.2) is 18.2 Å². The third kappa shape index (κ3) is 3.16. The van der Waals surface area contributed by atoms with Gasteiger partial charge in [-0.15, -0.1) is 0 Å². The molecule has 18 heavy (non-hydrogen) atoms. The molecule has 1 aliphatic heterocycles. The number of halogens is 1. The number of thiocarbonyl (C=S) groups is 1. The van der Waals surface area contributed by atoms with E-state index in [2.05, 4.69) is 5.32 Å². The lowest BCUT2D eigenvalue weighted by molar-refractivity contribution is -0.119. The van der Waals surface area contributed by atoms with Crippen molar-refractivity contribution >= 4 is 52.2 Å². The fourth-order valence-electron chi connectivity index (χ4n) is 1.78. The molecule has 0 spiro atoms. The standard InChI is InChI=1S/C12H13ClN2OS2/c13-10-5-8(1-2-9(10)11(14)17)15-12(16)7-3-4-18-6-7/h1-2,5,7H,3-4,6H2,(H2,14,17)(H,15,16). The molecule has 6 heteroatoms. The average Bonchev–Trinajstić information content (AvgIpc) is 2.81. The van der Waals surface area contributed by atoms with Crippen LogP contribution < -0.4 is 11.1 Å². The van der Waals surface area contributed by atoms with Crippen LogP contribution >= 0.6 is 35.6 Å². The van der Waals surface area contributed by atoms with Gasteiger partial charge in [0.2, 0.25) is 5.91 Å². The summed E-state index contributed by atoms with van der Waals surface area (Å²) < 4.78 is 0. The summed E-state index contributed by atoms with van der Waals surface area (Å²) in [6.45, 7) is 0. The van der Waals surface area contributed by atoms with Crippen molar-refractivity contribution in [3.8, 4) is 0 Å². The first-order chi connectivity index (χ1) is 8.58. The highest BCUT2D eigenvalue weighted by molar-refractivity contribution is 7.99. The van der Waals surface area contributed by atoms with Crippen molar-refractivity contribution in [2.45, 2.75) is 6.42 Å². The predicted molar refractivity (Wildman–Crippen MR) is 81.4 cm³/mol. The Labute approximate surface area is 120 Å². The molecule has 96 valence electrons. The van der Waals surface area contributed by atoms with Crippen LogP contribution in [0.1, 0.15) is 12.0 Å². The van der Waals surface area contributed by atoms with E-state index >= 15 is 0 Å². The average molecular weight is 301 g/mol. The Morgan fingerprint density at radius 2 is 2.33 bits per heavy atom. The highest BCUT2D eigenvalue weighted by Gasteiger charge is 2.23. The summed E-state index contributed by atoms with van der Waals surface area (Å²) in [5.41, 5.74) is 6.83. The molecule has 3 N–H and O–H groups in total. The summed E-state index contributed by atoms with van der Waals surface area (Å²) in [4.78, 5) is 12.2. The largest absolute Gasteiger partial charge is 0.389 e. The van der Waals surface area contributed by atoms with Crippen molar-refractivity contribution in [3.05, 3.63) is 28.8 Å². The zero-order valence-electron chi connectivity index (χ0n) is 9.61. The van der Waals surface area contributed by atoms with E-state index in [-0.39, 0.29) is 16.8 Å². The van der Waals surface area contributed by atoms with E-state index in [1.165, 1.54) is 0 Å². The molecule has 3 nitrogen and oxygen atoms in total. The fourth-order valence-corrected chi connectivity index (χ4v) is 3.52. The number of hydrogen-bond donors (Lipinski definition) is 2. The van der Waals surface area contributed by atoms with Gasteiger partial charge in [-0.2, -0.15) is 11.8 Å². The molecule has 1 aromatic carbocycles. The Hall–Kier alpha value is -0.780. The van der Waals surface area contributed by atoms with Gasteiger partial charge in [-0.1, -0.05) is 23.8 Å². The van der Waals surface area contributed by atoms with Gasteiger partial charge in [-0.3, -0.25) is 4.79 Å². The first kappa shape index (κ1) is 13.6. The Balaban J connectivity index is 2.07. The monoisotopic (exact) mass is 300 g/mol. The highest BCUT2D eigenvalue weighted by atomic mass is 35.5. The summed E-state index contributed by atoms with van der Waals surface area (Å²) in [5, 5.41) is 3.33. The van der Waals surface area contributed by atoms with E-state index in [0.29, 0.717) is 16.3 Å². The number of nitrogens with two attached hydrogens (primary N) is 1. The molecule has 0 aliphatic carbocycles. The predicted octanol–water partition coefficient (Wildman–Crippen LogP) is 2.67. The molecule has 2 rings (SSSR count). The maximum absolute atomic E-state index is 11.9. The topological polar surface area (TPSA) is 55.1 Å². The highest BCUT2D eigenvalue weighted by Crippen LogP contribution is 2.26. The van der Waals surface area contributed by atoms with Gasteiger partial charge in [0, 0.05) is 22.9 Å². The zero-order chi connectivity index (χ0) is 13.1. The van der Waals surface area contributed by atoms with Gasteiger partial charge in [0.15, 0.2) is 0 Å². The third-order valence-electron chi connectivity index (χ3n) is 2.80. The van der Waals surface area contributed by atoms with Crippen LogP contribution in [-0.2, 0) is 4.79 Å². The summed E-state index contributed by atoms with van der Waals surface area (Å²) in [5.74, 6) is 2.10. The number of hydrogen-bond acceptors (Lipinski definition) is 3. The van der Waals surface area contributed by atoms with Crippen molar-refractivity contribution in [1.29, 1.82) is 0 Å². The van der Waals surface area contributed by atoms with Crippen LogP contribution in [-0.4, -0.2) is 22.4 Å². The first-order valence-corrected chi connectivity index (χ1v) is 7.50. The molecule has 1 aliphatic rings. The minimum Gasteiger partial charge on any atom is -0.389 e. The van der Waals surface area contributed by atoms with E-state index in [4.69, 9.17) is 29.6 Å². The van der Waals surface area contributed by atoms with Gasteiger partial charge in [-0.05, 0) is 30.4 Å². The van der Waals surface area contributed by atoms with Gasteiger partial charge in [0.1, 0.15) is 4.99 Å². The van der Waals surface area contributed by atoms with E-state index in [1.807, 2.05) is 11.8 Å². The number of carbonyl (C=O) groups excluding carboxylic acids is 1. The molecule has 1 heterocycles. The minimum absolute atomic E-state index is 0.0548. The van der Waals surface area contributed by atoms with Crippen molar-refractivity contribution in [2.24, 2.45) is 11.7 Å². The SMILES string of the molecule is NC(=S)c1ccc(NC(=O)C2CCSC2)cc1Cl. The quantitative estimate of drug-likeness (QED) is 0.843. The number of anilines is 1. The molecule has 1 fully saturated rings. The summed E-state index contributed by atoms with van der Waals surface area (Å²) >= 11 is 12.7. The third-order valence-corrected chi connectivity index (χ3v) is 4.50.